The van der Waals surface area contributed by atoms with E-state index in [-0.39, 0.29) is 18.1 Å². The first kappa shape index (κ1) is 20.8. The number of phenols is 1. The summed E-state index contributed by atoms with van der Waals surface area (Å²) >= 11 is 0. The molecule has 0 radical (unpaired) electrons. The lowest BCUT2D eigenvalue weighted by atomic mass is 9.86. The molecule has 6 nitrogen and oxygen atoms in total. The number of carbonyl (C=O) groups excluding carboxylic acids is 1. The lowest BCUT2D eigenvalue weighted by Gasteiger charge is -2.34. The molecule has 0 spiro atoms. The summed E-state index contributed by atoms with van der Waals surface area (Å²) in [6.45, 7) is 7.86. The van der Waals surface area contributed by atoms with Gasteiger partial charge in [0.05, 0.1) is 24.9 Å². The van der Waals surface area contributed by atoms with Crippen molar-refractivity contribution in [1.82, 2.24) is 0 Å². The van der Waals surface area contributed by atoms with Crippen LogP contribution >= 0.6 is 0 Å². The van der Waals surface area contributed by atoms with Crippen molar-refractivity contribution in [3.63, 3.8) is 0 Å². The number of phenolic OH excluding ortho intramolecular Hbond substituents is 1. The van der Waals surface area contributed by atoms with E-state index >= 15 is 0 Å². The van der Waals surface area contributed by atoms with Crippen LogP contribution in [0.2, 0.25) is 0 Å². The number of methoxy groups -OCH3 is 1. The third kappa shape index (κ3) is 3.74. The number of fused-ring (bicyclic) bond motifs is 2. The van der Waals surface area contributed by atoms with Crippen molar-refractivity contribution in [3.8, 4) is 28.7 Å². The van der Waals surface area contributed by atoms with Crippen LogP contribution in [0.4, 0.5) is 0 Å². The lowest BCUT2D eigenvalue weighted by molar-refractivity contribution is 0.0885. The highest BCUT2D eigenvalue weighted by Crippen LogP contribution is 2.55. The smallest absolute Gasteiger partial charge is 0.211 e. The molecule has 1 unspecified atom stereocenters. The van der Waals surface area contributed by atoms with Crippen LogP contribution in [-0.4, -0.2) is 30.2 Å². The quantitative estimate of drug-likeness (QED) is 0.679. The van der Waals surface area contributed by atoms with Gasteiger partial charge in [0.15, 0.2) is 17.3 Å². The monoisotopic (exact) mass is 422 g/mol. The van der Waals surface area contributed by atoms with E-state index in [1.807, 2.05) is 39.8 Å². The number of carbonyl (C=O) groups is 1. The molecule has 0 saturated carbocycles. The van der Waals surface area contributed by atoms with Gasteiger partial charge in [-0.15, -0.1) is 0 Å². The van der Waals surface area contributed by atoms with Crippen molar-refractivity contribution >= 4 is 11.9 Å². The molecule has 2 aromatic rings. The number of allylic oxidation sites excluding steroid dienone is 1. The Labute approximate surface area is 181 Å². The van der Waals surface area contributed by atoms with Gasteiger partial charge in [-0.05, 0) is 63.1 Å². The number of hydrogen-bond acceptors (Lipinski definition) is 6. The lowest BCUT2D eigenvalue weighted by Crippen LogP contribution is -2.30. The normalized spacial score (nSPS) is 18.2. The third-order valence-electron chi connectivity index (χ3n) is 5.24. The molecule has 2 heterocycles. The standard InChI is InChI=1S/C25H26O6/c1-14(2)12-29-24-22-17(10-11-25(3,4)31-22)21(28-5)19-20(27)18(13-30-23(19)24)15-6-8-16(26)9-7-15/h6-12,18,26H,13H2,1-5H3. The van der Waals surface area contributed by atoms with Gasteiger partial charge >= 0.3 is 0 Å². The molecule has 2 aromatic carbocycles. The first-order valence-corrected chi connectivity index (χ1v) is 10.1. The fourth-order valence-corrected chi connectivity index (χ4v) is 3.74. The molecule has 0 bridgehead atoms. The number of benzene rings is 2. The number of hydrogen-bond donors (Lipinski definition) is 1. The fourth-order valence-electron chi connectivity index (χ4n) is 3.74. The van der Waals surface area contributed by atoms with Crippen molar-refractivity contribution in [2.75, 3.05) is 13.7 Å². The Kier molecular flexibility index (Phi) is 5.17. The molecule has 0 amide bonds. The van der Waals surface area contributed by atoms with Gasteiger partial charge in [-0.25, -0.2) is 0 Å². The average molecular weight is 422 g/mol. The van der Waals surface area contributed by atoms with Gasteiger partial charge in [-0.3, -0.25) is 4.79 Å². The van der Waals surface area contributed by atoms with Crippen LogP contribution in [0.25, 0.3) is 6.08 Å². The van der Waals surface area contributed by atoms with Crippen molar-refractivity contribution in [2.45, 2.75) is 39.2 Å². The van der Waals surface area contributed by atoms with E-state index in [9.17, 15) is 9.90 Å². The molecule has 31 heavy (non-hydrogen) atoms. The Balaban J connectivity index is 1.92. The highest BCUT2D eigenvalue weighted by molar-refractivity contribution is 6.09. The van der Waals surface area contributed by atoms with Crippen molar-refractivity contribution < 1.29 is 28.8 Å². The topological polar surface area (TPSA) is 74.2 Å². The van der Waals surface area contributed by atoms with E-state index in [0.29, 0.717) is 34.1 Å². The molecule has 1 atom stereocenters. The molecule has 0 fully saturated rings. The molecule has 0 aliphatic carbocycles. The Morgan fingerprint density at radius 3 is 2.52 bits per heavy atom. The van der Waals surface area contributed by atoms with Crippen LogP contribution in [0.5, 0.6) is 28.7 Å². The molecule has 0 aromatic heterocycles. The first-order valence-electron chi connectivity index (χ1n) is 10.1. The number of ether oxygens (including phenoxy) is 4. The van der Waals surface area contributed by atoms with Crippen LogP contribution in [-0.2, 0) is 0 Å². The molecule has 1 N–H and O–H groups in total. The minimum Gasteiger partial charge on any atom is -0.508 e. The molecule has 4 rings (SSSR count). The van der Waals surface area contributed by atoms with Gasteiger partial charge in [0, 0.05) is 0 Å². The Morgan fingerprint density at radius 1 is 1.16 bits per heavy atom. The summed E-state index contributed by atoms with van der Waals surface area (Å²) in [5.74, 6) is 1.04. The number of aromatic hydroxyl groups is 1. The van der Waals surface area contributed by atoms with E-state index < -0.39 is 11.5 Å². The molecule has 2 aliphatic rings. The zero-order chi connectivity index (χ0) is 22.3. The molecule has 6 heteroatoms. The summed E-state index contributed by atoms with van der Waals surface area (Å²) in [4.78, 5) is 13.6. The zero-order valence-corrected chi connectivity index (χ0v) is 18.3. The van der Waals surface area contributed by atoms with Gasteiger partial charge in [-0.2, -0.15) is 0 Å². The Morgan fingerprint density at radius 2 is 1.87 bits per heavy atom. The summed E-state index contributed by atoms with van der Waals surface area (Å²) in [6.07, 6.45) is 5.42. The molecule has 2 aliphatic heterocycles. The molecule has 162 valence electrons. The largest absolute Gasteiger partial charge is 0.508 e. The predicted octanol–water partition coefficient (Wildman–Crippen LogP) is 5.25. The third-order valence-corrected chi connectivity index (χ3v) is 5.24. The molecular weight excluding hydrogens is 396 g/mol. The van der Waals surface area contributed by atoms with Gasteiger partial charge in [-0.1, -0.05) is 12.1 Å². The summed E-state index contributed by atoms with van der Waals surface area (Å²) < 4.78 is 24.0. The number of rotatable bonds is 4. The average Bonchev–Trinajstić information content (AvgIpc) is 2.72. The second kappa shape index (κ2) is 7.69. The highest BCUT2D eigenvalue weighted by Gasteiger charge is 2.40. The van der Waals surface area contributed by atoms with Crippen molar-refractivity contribution in [3.05, 3.63) is 58.9 Å². The van der Waals surface area contributed by atoms with Crippen LogP contribution in [0.3, 0.4) is 0 Å². The number of ketones is 1. The van der Waals surface area contributed by atoms with E-state index in [4.69, 9.17) is 18.9 Å². The summed E-state index contributed by atoms with van der Waals surface area (Å²) in [6, 6.07) is 6.57. The van der Waals surface area contributed by atoms with E-state index in [0.717, 1.165) is 11.1 Å². The van der Waals surface area contributed by atoms with Crippen molar-refractivity contribution in [1.29, 1.82) is 0 Å². The van der Waals surface area contributed by atoms with E-state index in [1.54, 1.807) is 30.5 Å². The Hall–Kier alpha value is -3.41. The minimum absolute atomic E-state index is 0.133. The molecule has 0 saturated heterocycles. The van der Waals surface area contributed by atoms with Gasteiger partial charge in [0.25, 0.3) is 0 Å². The maximum Gasteiger partial charge on any atom is 0.211 e. The maximum atomic E-state index is 13.6. The zero-order valence-electron chi connectivity index (χ0n) is 18.3. The fraction of sp³-hybridized carbons (Fsp3) is 0.320. The second-order valence-electron chi connectivity index (χ2n) is 8.48. The second-order valence-corrected chi connectivity index (χ2v) is 8.48. The highest BCUT2D eigenvalue weighted by atomic mass is 16.6. The van der Waals surface area contributed by atoms with Crippen LogP contribution < -0.4 is 18.9 Å². The number of Topliss-reactive ketones (excluding diaryl/α,β-unsaturated/α-hetero) is 1. The van der Waals surface area contributed by atoms with Crippen LogP contribution in [0, 0.1) is 0 Å². The van der Waals surface area contributed by atoms with Crippen molar-refractivity contribution in [2.24, 2.45) is 0 Å². The maximum absolute atomic E-state index is 13.6. The Bertz CT molecular complexity index is 1090. The van der Waals surface area contributed by atoms with Gasteiger partial charge in [0.2, 0.25) is 5.75 Å². The summed E-state index contributed by atoms with van der Waals surface area (Å²) in [7, 11) is 1.53. The summed E-state index contributed by atoms with van der Waals surface area (Å²) in [5, 5.41) is 9.60. The SMILES string of the molecule is COc1c2c(c(OC=C(C)C)c3c1C(=O)C(c1ccc(O)cc1)CO3)OC(C)(C)C=C2. The summed E-state index contributed by atoms with van der Waals surface area (Å²) in [5.41, 5.74) is 2.13. The van der Waals surface area contributed by atoms with Crippen LogP contribution in [0.1, 0.15) is 55.1 Å². The van der Waals surface area contributed by atoms with Crippen LogP contribution in [0.15, 0.2) is 42.2 Å². The van der Waals surface area contributed by atoms with Gasteiger partial charge < -0.3 is 24.1 Å². The first-order chi connectivity index (χ1) is 14.7. The predicted molar refractivity (Wildman–Crippen MR) is 117 cm³/mol. The minimum atomic E-state index is -0.553. The molecular formula is C25H26O6. The van der Waals surface area contributed by atoms with Gasteiger partial charge in [0.1, 0.15) is 29.3 Å². The van der Waals surface area contributed by atoms with E-state index in [1.165, 1.54) is 7.11 Å². The van der Waals surface area contributed by atoms with E-state index in [2.05, 4.69) is 0 Å².